The van der Waals surface area contributed by atoms with Crippen LogP contribution in [0.2, 0.25) is 5.02 Å². The number of anilines is 1. The van der Waals surface area contributed by atoms with Crippen LogP contribution >= 0.6 is 11.6 Å². The fraction of sp³-hybridized carbons (Fsp3) is 0.0769. The lowest BCUT2D eigenvalue weighted by Gasteiger charge is -2.09. The second kappa shape index (κ2) is 4.20. The fourth-order valence-corrected chi connectivity index (χ4v) is 2.22. The number of nitrogens with zero attached hydrogens (tertiary/aromatic N) is 3. The van der Waals surface area contributed by atoms with Gasteiger partial charge in [-0.15, -0.1) is 0 Å². The van der Waals surface area contributed by atoms with Crippen molar-refractivity contribution in [2.45, 2.75) is 6.92 Å². The molecule has 3 aromatic rings. The van der Waals surface area contributed by atoms with E-state index in [1.54, 1.807) is 23.6 Å². The zero-order chi connectivity index (χ0) is 13.6. The van der Waals surface area contributed by atoms with Crippen LogP contribution in [0.15, 0.2) is 30.5 Å². The molecule has 2 aromatic heterocycles. The maximum absolute atomic E-state index is 13.2. The van der Waals surface area contributed by atoms with Crippen molar-refractivity contribution in [3.63, 3.8) is 0 Å². The third kappa shape index (κ3) is 1.92. The van der Waals surface area contributed by atoms with E-state index in [1.165, 1.54) is 18.3 Å². The summed E-state index contributed by atoms with van der Waals surface area (Å²) < 4.78 is 14.8. The van der Waals surface area contributed by atoms with Crippen LogP contribution in [0.3, 0.4) is 0 Å². The molecule has 3 rings (SSSR count). The number of hydrogen-bond acceptors (Lipinski definition) is 3. The van der Waals surface area contributed by atoms with Crippen LogP contribution in [0.4, 0.5) is 10.3 Å². The highest BCUT2D eigenvalue weighted by Crippen LogP contribution is 2.25. The van der Waals surface area contributed by atoms with Crippen molar-refractivity contribution in [3.05, 3.63) is 46.9 Å². The molecule has 0 saturated heterocycles. The minimum absolute atomic E-state index is 0.291. The van der Waals surface area contributed by atoms with Crippen molar-refractivity contribution in [3.8, 4) is 5.69 Å². The van der Waals surface area contributed by atoms with Crippen molar-refractivity contribution in [1.82, 2.24) is 14.5 Å². The van der Waals surface area contributed by atoms with Gasteiger partial charge in [-0.25, -0.2) is 14.4 Å². The number of imidazole rings is 1. The maximum Gasteiger partial charge on any atom is 0.207 e. The highest BCUT2D eigenvalue weighted by atomic mass is 35.5. The van der Waals surface area contributed by atoms with Crippen molar-refractivity contribution < 1.29 is 4.39 Å². The van der Waals surface area contributed by atoms with Gasteiger partial charge in [0.1, 0.15) is 11.3 Å². The normalized spacial score (nSPS) is 11.1. The smallest absolute Gasteiger partial charge is 0.207 e. The lowest BCUT2D eigenvalue weighted by Crippen LogP contribution is -2.03. The molecule has 0 aliphatic rings. The Morgan fingerprint density at radius 3 is 2.84 bits per heavy atom. The Labute approximate surface area is 113 Å². The van der Waals surface area contributed by atoms with Gasteiger partial charge in [0.05, 0.1) is 10.7 Å². The quantitative estimate of drug-likeness (QED) is 0.743. The molecule has 1 aromatic carbocycles. The van der Waals surface area contributed by atoms with Crippen molar-refractivity contribution in [2.24, 2.45) is 0 Å². The van der Waals surface area contributed by atoms with Gasteiger partial charge in [-0.2, -0.15) is 0 Å². The molecular formula is C13H10ClFN4. The molecule has 96 valence electrons. The topological polar surface area (TPSA) is 56.7 Å². The molecule has 0 aliphatic heterocycles. The van der Waals surface area contributed by atoms with E-state index in [0.29, 0.717) is 22.1 Å². The zero-order valence-corrected chi connectivity index (χ0v) is 10.8. The number of benzene rings is 1. The Hall–Kier alpha value is -2.14. The Kier molecular flexibility index (Phi) is 2.64. The van der Waals surface area contributed by atoms with Crippen molar-refractivity contribution in [2.75, 3.05) is 5.73 Å². The summed E-state index contributed by atoms with van der Waals surface area (Å²) in [5, 5.41) is 0.493. The number of rotatable bonds is 1. The summed E-state index contributed by atoms with van der Waals surface area (Å²) >= 11 is 5.88. The van der Waals surface area contributed by atoms with Crippen LogP contribution in [0.5, 0.6) is 0 Å². The molecule has 0 atom stereocenters. The van der Waals surface area contributed by atoms with Crippen LogP contribution < -0.4 is 5.73 Å². The van der Waals surface area contributed by atoms with Gasteiger partial charge in [0, 0.05) is 6.20 Å². The van der Waals surface area contributed by atoms with Gasteiger partial charge < -0.3 is 5.73 Å². The van der Waals surface area contributed by atoms with E-state index in [-0.39, 0.29) is 5.82 Å². The molecule has 0 unspecified atom stereocenters. The van der Waals surface area contributed by atoms with Gasteiger partial charge >= 0.3 is 0 Å². The first kappa shape index (κ1) is 11.9. The van der Waals surface area contributed by atoms with Crippen LogP contribution in [0.1, 0.15) is 5.56 Å². The van der Waals surface area contributed by atoms with E-state index in [4.69, 9.17) is 17.3 Å². The standard InChI is InChI=1S/C13H10ClFN4/c1-7-4-9(15)2-3-11(7)19-12-10(18-13(19)16)5-8(14)6-17-12/h2-6H,1H3,(H2,16,18). The van der Waals surface area contributed by atoms with Crippen LogP contribution in [-0.4, -0.2) is 14.5 Å². The Morgan fingerprint density at radius 1 is 1.32 bits per heavy atom. The van der Waals surface area contributed by atoms with E-state index >= 15 is 0 Å². The number of pyridine rings is 1. The number of nitrogen functional groups attached to an aromatic ring is 1. The number of fused-ring (bicyclic) bond motifs is 1. The summed E-state index contributed by atoms with van der Waals surface area (Å²) in [7, 11) is 0. The molecule has 2 N–H and O–H groups in total. The predicted octanol–water partition coefficient (Wildman–Crippen LogP) is 3.10. The molecular weight excluding hydrogens is 267 g/mol. The van der Waals surface area contributed by atoms with Gasteiger partial charge in [-0.05, 0) is 36.8 Å². The van der Waals surface area contributed by atoms with Gasteiger partial charge in [0.15, 0.2) is 5.65 Å². The minimum Gasteiger partial charge on any atom is -0.369 e. The van der Waals surface area contributed by atoms with Crippen LogP contribution in [-0.2, 0) is 0 Å². The zero-order valence-electron chi connectivity index (χ0n) is 10.1. The summed E-state index contributed by atoms with van der Waals surface area (Å²) in [6.07, 6.45) is 1.53. The second-order valence-corrected chi connectivity index (χ2v) is 4.67. The number of hydrogen-bond donors (Lipinski definition) is 1. The van der Waals surface area contributed by atoms with E-state index in [2.05, 4.69) is 9.97 Å². The lowest BCUT2D eigenvalue weighted by atomic mass is 10.2. The van der Waals surface area contributed by atoms with E-state index in [0.717, 1.165) is 11.3 Å². The van der Waals surface area contributed by atoms with E-state index in [1.807, 2.05) is 0 Å². The molecule has 0 amide bonds. The predicted molar refractivity (Wildman–Crippen MR) is 73.0 cm³/mol. The average Bonchev–Trinajstić information content (AvgIpc) is 2.65. The number of aryl methyl sites for hydroxylation is 1. The highest BCUT2D eigenvalue weighted by molar-refractivity contribution is 6.31. The first-order valence-corrected chi connectivity index (χ1v) is 6.00. The number of halogens is 2. The largest absolute Gasteiger partial charge is 0.369 e. The number of aromatic nitrogens is 3. The summed E-state index contributed by atoms with van der Waals surface area (Å²) in [6, 6.07) is 6.16. The Bertz CT molecular complexity index is 782. The molecule has 0 bridgehead atoms. The highest BCUT2D eigenvalue weighted by Gasteiger charge is 2.13. The molecule has 0 spiro atoms. The summed E-state index contributed by atoms with van der Waals surface area (Å²) in [6.45, 7) is 1.81. The molecule has 0 aliphatic carbocycles. The van der Waals surface area contributed by atoms with Gasteiger partial charge in [-0.1, -0.05) is 11.6 Å². The molecule has 6 heteroatoms. The van der Waals surface area contributed by atoms with Gasteiger partial charge in [0.25, 0.3) is 0 Å². The van der Waals surface area contributed by atoms with Gasteiger partial charge in [-0.3, -0.25) is 4.57 Å². The summed E-state index contributed by atoms with van der Waals surface area (Å²) in [5.74, 6) is -0.000259. The minimum atomic E-state index is -0.291. The molecule has 0 fully saturated rings. The Morgan fingerprint density at radius 2 is 2.11 bits per heavy atom. The molecule has 19 heavy (non-hydrogen) atoms. The number of nitrogens with two attached hydrogens (primary N) is 1. The SMILES string of the molecule is Cc1cc(F)ccc1-n1c(N)nc2cc(Cl)cnc21. The van der Waals surface area contributed by atoms with Crippen LogP contribution in [0.25, 0.3) is 16.9 Å². The molecule has 0 saturated carbocycles. The average molecular weight is 277 g/mol. The van der Waals surface area contributed by atoms with Crippen molar-refractivity contribution in [1.29, 1.82) is 0 Å². The second-order valence-electron chi connectivity index (χ2n) is 4.23. The van der Waals surface area contributed by atoms with E-state index in [9.17, 15) is 4.39 Å². The Balaban J connectivity index is 2.33. The third-order valence-corrected chi connectivity index (χ3v) is 3.10. The maximum atomic E-state index is 13.2. The van der Waals surface area contributed by atoms with Crippen LogP contribution in [0, 0.1) is 12.7 Å². The summed E-state index contributed by atoms with van der Waals surface area (Å²) in [5.41, 5.74) is 8.62. The first-order chi connectivity index (χ1) is 9.06. The summed E-state index contributed by atoms with van der Waals surface area (Å²) in [4.78, 5) is 8.45. The monoisotopic (exact) mass is 276 g/mol. The third-order valence-electron chi connectivity index (χ3n) is 2.89. The fourth-order valence-electron chi connectivity index (χ4n) is 2.07. The molecule has 4 nitrogen and oxygen atoms in total. The first-order valence-electron chi connectivity index (χ1n) is 5.62. The molecule has 2 heterocycles. The van der Waals surface area contributed by atoms with E-state index < -0.39 is 0 Å². The molecule has 0 radical (unpaired) electrons. The lowest BCUT2D eigenvalue weighted by molar-refractivity contribution is 0.626. The van der Waals surface area contributed by atoms with Gasteiger partial charge in [0.2, 0.25) is 5.95 Å². The van der Waals surface area contributed by atoms with Crippen molar-refractivity contribution >= 4 is 28.7 Å².